The molecule has 3 aromatic rings. The fourth-order valence-corrected chi connectivity index (χ4v) is 3.97. The van der Waals surface area contributed by atoms with Gasteiger partial charge in [0.15, 0.2) is 6.61 Å². The molecule has 172 valence electrons. The average Bonchev–Trinajstić information content (AvgIpc) is 2.81. The minimum absolute atomic E-state index is 0.142. The average molecular weight is 556 g/mol. The van der Waals surface area contributed by atoms with Crippen molar-refractivity contribution in [1.29, 1.82) is 0 Å². The standard InChI is InChI=1S/C27H29IN2O3/c1-3-29-27(32)25(17-21-9-5-4-6-10-21)30(18-22-11-7-8-20(2)16-22)26(31)19-33-24-14-12-23(28)13-15-24/h4-16,25H,3,17-19H2,1-2H3,(H,29,32)/t25-/m1/s1. The lowest BCUT2D eigenvalue weighted by atomic mass is 10.0. The maximum absolute atomic E-state index is 13.4. The van der Waals surface area contributed by atoms with Crippen LogP contribution in [-0.2, 0) is 22.6 Å². The molecule has 2 amide bonds. The van der Waals surface area contributed by atoms with Gasteiger partial charge in [-0.25, -0.2) is 0 Å². The Balaban J connectivity index is 1.88. The molecule has 0 spiro atoms. The van der Waals surface area contributed by atoms with Crippen LogP contribution in [0.5, 0.6) is 5.75 Å². The molecule has 6 heteroatoms. The van der Waals surface area contributed by atoms with Crippen molar-refractivity contribution in [2.24, 2.45) is 0 Å². The maximum atomic E-state index is 13.4. The zero-order chi connectivity index (χ0) is 23.6. The summed E-state index contributed by atoms with van der Waals surface area (Å²) in [7, 11) is 0. The second-order valence-corrected chi connectivity index (χ2v) is 9.10. The van der Waals surface area contributed by atoms with Crippen LogP contribution >= 0.6 is 22.6 Å². The topological polar surface area (TPSA) is 58.6 Å². The largest absolute Gasteiger partial charge is 0.484 e. The molecule has 1 N–H and O–H groups in total. The molecule has 0 fully saturated rings. The van der Waals surface area contributed by atoms with E-state index in [0.29, 0.717) is 25.3 Å². The van der Waals surface area contributed by atoms with E-state index in [-0.39, 0.29) is 18.4 Å². The van der Waals surface area contributed by atoms with Gasteiger partial charge in [0.2, 0.25) is 5.91 Å². The van der Waals surface area contributed by atoms with Gasteiger partial charge in [-0.1, -0.05) is 60.2 Å². The Labute approximate surface area is 209 Å². The summed E-state index contributed by atoms with van der Waals surface area (Å²) in [6, 6.07) is 24.7. The molecule has 1 atom stereocenters. The van der Waals surface area contributed by atoms with Gasteiger partial charge in [0.25, 0.3) is 5.91 Å². The summed E-state index contributed by atoms with van der Waals surface area (Å²) < 4.78 is 6.87. The molecule has 0 saturated carbocycles. The lowest BCUT2D eigenvalue weighted by Crippen LogP contribution is -2.51. The second-order valence-electron chi connectivity index (χ2n) is 7.85. The van der Waals surface area contributed by atoms with Gasteiger partial charge in [-0.3, -0.25) is 9.59 Å². The summed E-state index contributed by atoms with van der Waals surface area (Å²) in [5.41, 5.74) is 3.07. The van der Waals surface area contributed by atoms with Gasteiger partial charge in [0.05, 0.1) is 0 Å². The van der Waals surface area contributed by atoms with Crippen molar-refractivity contribution in [3.8, 4) is 5.75 Å². The number of nitrogens with zero attached hydrogens (tertiary/aromatic N) is 1. The number of carbonyl (C=O) groups excluding carboxylic acids is 2. The van der Waals surface area contributed by atoms with Crippen LogP contribution in [0.3, 0.4) is 0 Å². The summed E-state index contributed by atoms with van der Waals surface area (Å²) >= 11 is 2.22. The van der Waals surface area contributed by atoms with Gasteiger partial charge in [0, 0.05) is 23.1 Å². The van der Waals surface area contributed by atoms with Crippen LogP contribution in [0.2, 0.25) is 0 Å². The summed E-state index contributed by atoms with van der Waals surface area (Å²) in [5, 5.41) is 2.90. The number of amides is 2. The van der Waals surface area contributed by atoms with Gasteiger partial charge in [-0.2, -0.15) is 0 Å². The SMILES string of the molecule is CCNC(=O)[C@@H](Cc1ccccc1)N(Cc1cccc(C)c1)C(=O)COc1ccc(I)cc1. The van der Waals surface area contributed by atoms with Gasteiger partial charge < -0.3 is 15.0 Å². The van der Waals surface area contributed by atoms with Gasteiger partial charge in [-0.05, 0) is 71.8 Å². The van der Waals surface area contributed by atoms with Gasteiger partial charge >= 0.3 is 0 Å². The van der Waals surface area contributed by atoms with E-state index in [1.165, 1.54) is 0 Å². The van der Waals surface area contributed by atoms with Crippen molar-refractivity contribution in [3.63, 3.8) is 0 Å². The van der Waals surface area contributed by atoms with Crippen molar-refractivity contribution >= 4 is 34.4 Å². The van der Waals surface area contributed by atoms with E-state index in [1.54, 1.807) is 4.90 Å². The number of likely N-dealkylation sites (N-methyl/N-ethyl adjacent to an activating group) is 1. The summed E-state index contributed by atoms with van der Waals surface area (Å²) in [5.74, 6) is 0.218. The smallest absolute Gasteiger partial charge is 0.261 e. The normalized spacial score (nSPS) is 11.5. The third kappa shape index (κ3) is 7.60. The van der Waals surface area contributed by atoms with E-state index < -0.39 is 6.04 Å². The number of benzene rings is 3. The predicted molar refractivity (Wildman–Crippen MR) is 139 cm³/mol. The minimum atomic E-state index is -0.652. The monoisotopic (exact) mass is 556 g/mol. The Kier molecular flexibility index (Phi) is 9.30. The number of rotatable bonds is 10. The fraction of sp³-hybridized carbons (Fsp3) is 0.259. The third-order valence-corrected chi connectivity index (χ3v) is 5.95. The molecule has 0 aliphatic heterocycles. The first-order chi connectivity index (χ1) is 16.0. The zero-order valence-electron chi connectivity index (χ0n) is 19.0. The number of halogens is 1. The van der Waals surface area contributed by atoms with Crippen LogP contribution in [0.15, 0.2) is 78.9 Å². The van der Waals surface area contributed by atoms with Gasteiger partial charge in [0.1, 0.15) is 11.8 Å². The quantitative estimate of drug-likeness (QED) is 0.367. The van der Waals surface area contributed by atoms with E-state index in [4.69, 9.17) is 4.74 Å². The van der Waals surface area contributed by atoms with Crippen LogP contribution in [0.25, 0.3) is 0 Å². The molecule has 0 aromatic heterocycles. The van der Waals surface area contributed by atoms with E-state index >= 15 is 0 Å². The Morgan fingerprint density at radius 1 is 0.970 bits per heavy atom. The van der Waals surface area contributed by atoms with Crippen LogP contribution in [0, 0.1) is 10.5 Å². The second kappa shape index (κ2) is 12.4. The van der Waals surface area contributed by atoms with Crippen molar-refractivity contribution in [3.05, 3.63) is 99.1 Å². The summed E-state index contributed by atoms with van der Waals surface area (Å²) in [6.45, 7) is 4.57. The highest BCUT2D eigenvalue weighted by atomic mass is 127. The number of carbonyl (C=O) groups is 2. The van der Waals surface area contributed by atoms with Crippen LogP contribution in [-0.4, -0.2) is 35.9 Å². The maximum Gasteiger partial charge on any atom is 0.261 e. The Bertz CT molecular complexity index is 1050. The van der Waals surface area contributed by atoms with E-state index in [1.807, 2.05) is 92.7 Å². The van der Waals surface area contributed by atoms with Crippen LogP contribution in [0.1, 0.15) is 23.6 Å². The fourth-order valence-electron chi connectivity index (χ4n) is 3.61. The van der Waals surface area contributed by atoms with Crippen LogP contribution < -0.4 is 10.1 Å². The molecule has 0 unspecified atom stereocenters. The molecule has 3 rings (SSSR count). The molecule has 0 radical (unpaired) electrons. The Morgan fingerprint density at radius 2 is 1.67 bits per heavy atom. The molecule has 0 heterocycles. The molecule has 0 aliphatic rings. The highest BCUT2D eigenvalue weighted by Gasteiger charge is 2.30. The Morgan fingerprint density at radius 3 is 2.33 bits per heavy atom. The number of aryl methyl sites for hydroxylation is 1. The van der Waals surface area contributed by atoms with Crippen molar-refractivity contribution in [2.75, 3.05) is 13.2 Å². The molecular weight excluding hydrogens is 527 g/mol. The van der Waals surface area contributed by atoms with Crippen molar-refractivity contribution in [2.45, 2.75) is 32.9 Å². The molecule has 0 aliphatic carbocycles. The lowest BCUT2D eigenvalue weighted by molar-refractivity contribution is -0.142. The molecule has 5 nitrogen and oxygen atoms in total. The number of hydrogen-bond acceptors (Lipinski definition) is 3. The predicted octanol–water partition coefficient (Wildman–Crippen LogP) is 4.75. The Hall–Kier alpha value is -2.87. The number of nitrogens with one attached hydrogen (secondary N) is 1. The van der Waals surface area contributed by atoms with E-state index in [0.717, 1.165) is 20.3 Å². The highest BCUT2D eigenvalue weighted by Crippen LogP contribution is 2.17. The van der Waals surface area contributed by atoms with Gasteiger partial charge in [-0.15, -0.1) is 0 Å². The molecule has 0 saturated heterocycles. The molecular formula is C27H29IN2O3. The summed E-state index contributed by atoms with van der Waals surface area (Å²) in [4.78, 5) is 28.2. The lowest BCUT2D eigenvalue weighted by Gasteiger charge is -2.31. The first kappa shape index (κ1) is 24.8. The molecule has 33 heavy (non-hydrogen) atoms. The van der Waals surface area contributed by atoms with Crippen molar-refractivity contribution < 1.29 is 14.3 Å². The number of hydrogen-bond donors (Lipinski definition) is 1. The first-order valence-electron chi connectivity index (χ1n) is 11.0. The zero-order valence-corrected chi connectivity index (χ0v) is 21.1. The molecule has 0 bridgehead atoms. The third-order valence-electron chi connectivity index (χ3n) is 5.23. The highest BCUT2D eigenvalue weighted by molar-refractivity contribution is 14.1. The van der Waals surface area contributed by atoms with Crippen LogP contribution in [0.4, 0.5) is 0 Å². The van der Waals surface area contributed by atoms with E-state index in [2.05, 4.69) is 27.9 Å². The number of ether oxygens (including phenoxy) is 1. The van der Waals surface area contributed by atoms with E-state index in [9.17, 15) is 9.59 Å². The first-order valence-corrected chi connectivity index (χ1v) is 12.1. The van der Waals surface area contributed by atoms with Crippen molar-refractivity contribution in [1.82, 2.24) is 10.2 Å². The minimum Gasteiger partial charge on any atom is -0.484 e. The molecule has 3 aromatic carbocycles. The summed E-state index contributed by atoms with van der Waals surface area (Å²) in [6.07, 6.45) is 0.424.